The van der Waals surface area contributed by atoms with E-state index in [1.54, 1.807) is 25.6 Å². The summed E-state index contributed by atoms with van der Waals surface area (Å²) in [6.45, 7) is 3.50. The van der Waals surface area contributed by atoms with Crippen LogP contribution in [0.15, 0.2) is 67.0 Å². The topological polar surface area (TPSA) is 142 Å². The number of hydrogen-bond donors (Lipinski definition) is 2. The molecular formula is C21H22N8O3. The zero-order valence-corrected chi connectivity index (χ0v) is 17.9. The standard InChI is InChI=1S/C21H22N8O3/c1-12-17(20(26-22-12)27-25-19-15(30)10-7-11-16(19)31)23-24-18-13(2)28(3)29(21(18)32)14-8-5-4-6-9-14/h4-6,8-9,30H,7,10-11H2,1-3H3,(H,22,26). The van der Waals surface area contributed by atoms with E-state index in [9.17, 15) is 14.7 Å². The number of hydrogen-bond acceptors (Lipinski definition) is 8. The first-order chi connectivity index (χ1) is 15.4. The van der Waals surface area contributed by atoms with Crippen molar-refractivity contribution >= 4 is 23.0 Å². The lowest BCUT2D eigenvalue weighted by Crippen LogP contribution is -2.19. The number of aliphatic hydroxyl groups excluding tert-OH is 1. The lowest BCUT2D eigenvalue weighted by Gasteiger charge is -2.09. The molecule has 164 valence electrons. The van der Waals surface area contributed by atoms with E-state index >= 15 is 0 Å². The highest BCUT2D eigenvalue weighted by molar-refractivity contribution is 5.96. The number of rotatable bonds is 5. The van der Waals surface area contributed by atoms with Crippen LogP contribution in [0.1, 0.15) is 30.7 Å². The third-order valence-electron chi connectivity index (χ3n) is 5.27. The molecule has 0 saturated heterocycles. The number of aromatic amines is 1. The van der Waals surface area contributed by atoms with Gasteiger partial charge in [-0.3, -0.25) is 19.4 Å². The maximum absolute atomic E-state index is 13.0. The van der Waals surface area contributed by atoms with Crippen molar-refractivity contribution < 1.29 is 9.90 Å². The Kier molecular flexibility index (Phi) is 5.63. The summed E-state index contributed by atoms with van der Waals surface area (Å²) in [4.78, 5) is 25.0. The van der Waals surface area contributed by atoms with E-state index in [4.69, 9.17) is 0 Å². The smallest absolute Gasteiger partial charge is 0.299 e. The number of para-hydroxylation sites is 1. The Bertz CT molecular complexity index is 1320. The Labute approximate surface area is 182 Å². The molecule has 0 amide bonds. The van der Waals surface area contributed by atoms with Crippen molar-refractivity contribution in [3.05, 3.63) is 63.5 Å². The maximum atomic E-state index is 13.0. The zero-order chi connectivity index (χ0) is 22.8. The van der Waals surface area contributed by atoms with Crippen molar-refractivity contribution in [1.82, 2.24) is 19.6 Å². The summed E-state index contributed by atoms with van der Waals surface area (Å²) in [6, 6.07) is 9.23. The minimum absolute atomic E-state index is 0.0653. The lowest BCUT2D eigenvalue weighted by molar-refractivity contribution is -0.116. The number of aromatic nitrogens is 4. The molecule has 0 bridgehead atoms. The number of aliphatic hydroxyl groups is 1. The summed E-state index contributed by atoms with van der Waals surface area (Å²) in [6.07, 6.45) is 1.28. The second kappa shape index (κ2) is 8.53. The van der Waals surface area contributed by atoms with Gasteiger partial charge in [0.2, 0.25) is 5.82 Å². The molecule has 11 nitrogen and oxygen atoms in total. The maximum Gasteiger partial charge on any atom is 0.299 e. The van der Waals surface area contributed by atoms with Crippen LogP contribution < -0.4 is 5.56 Å². The molecule has 0 saturated carbocycles. The molecule has 32 heavy (non-hydrogen) atoms. The monoisotopic (exact) mass is 434 g/mol. The molecule has 0 aliphatic heterocycles. The third-order valence-corrected chi connectivity index (χ3v) is 5.27. The van der Waals surface area contributed by atoms with Gasteiger partial charge in [-0.05, 0) is 32.4 Å². The van der Waals surface area contributed by atoms with Gasteiger partial charge in [-0.25, -0.2) is 4.68 Å². The minimum Gasteiger partial charge on any atom is -0.510 e. The van der Waals surface area contributed by atoms with E-state index < -0.39 is 0 Å². The van der Waals surface area contributed by atoms with E-state index in [1.807, 2.05) is 30.3 Å². The van der Waals surface area contributed by atoms with Gasteiger partial charge in [-0.15, -0.1) is 20.5 Å². The fourth-order valence-electron chi connectivity index (χ4n) is 3.39. The van der Waals surface area contributed by atoms with Crippen LogP contribution in [-0.2, 0) is 11.8 Å². The average molecular weight is 434 g/mol. The second-order valence-electron chi connectivity index (χ2n) is 7.40. The Hall–Kier alpha value is -4.15. The first kappa shape index (κ1) is 21.1. The summed E-state index contributed by atoms with van der Waals surface area (Å²) in [5, 5.41) is 32.9. The second-order valence-corrected chi connectivity index (χ2v) is 7.40. The number of Topliss-reactive ketones (excluding diaryl/α,β-unsaturated/α-hetero) is 1. The Morgan fingerprint density at radius 2 is 1.72 bits per heavy atom. The number of H-pyrrole nitrogens is 1. The van der Waals surface area contributed by atoms with Gasteiger partial charge in [0.25, 0.3) is 5.56 Å². The number of nitrogens with zero attached hydrogens (tertiary/aromatic N) is 7. The SMILES string of the molecule is Cc1[nH]nc(N=NC2=C(O)CCCC2=O)c1N=Nc1c(C)n(C)n(-c2ccccc2)c1=O. The quantitative estimate of drug-likeness (QED) is 0.568. The van der Waals surface area contributed by atoms with Gasteiger partial charge in [-0.1, -0.05) is 18.2 Å². The molecular weight excluding hydrogens is 412 g/mol. The lowest BCUT2D eigenvalue weighted by atomic mass is 10.0. The normalized spacial score (nSPS) is 14.9. The molecule has 3 aromatic rings. The fourth-order valence-corrected chi connectivity index (χ4v) is 3.39. The molecule has 4 rings (SSSR count). The summed E-state index contributed by atoms with van der Waals surface area (Å²) in [7, 11) is 1.77. The van der Waals surface area contributed by atoms with Gasteiger partial charge in [0, 0.05) is 19.9 Å². The van der Waals surface area contributed by atoms with Crippen LogP contribution in [0.2, 0.25) is 0 Å². The summed E-state index contributed by atoms with van der Waals surface area (Å²) >= 11 is 0. The van der Waals surface area contributed by atoms with Crippen LogP contribution in [0, 0.1) is 13.8 Å². The number of carbonyl (C=O) groups excluding carboxylic acids is 1. The number of nitrogens with one attached hydrogen (secondary N) is 1. The first-order valence-electron chi connectivity index (χ1n) is 10.1. The van der Waals surface area contributed by atoms with Crippen LogP contribution in [0.5, 0.6) is 0 Å². The molecule has 0 atom stereocenters. The molecule has 2 aromatic heterocycles. The molecule has 0 radical (unpaired) electrons. The van der Waals surface area contributed by atoms with Crippen molar-refractivity contribution in [3.63, 3.8) is 0 Å². The molecule has 2 N–H and O–H groups in total. The fraction of sp³-hybridized carbons (Fsp3) is 0.286. The Morgan fingerprint density at radius 1 is 1.00 bits per heavy atom. The highest BCUT2D eigenvalue weighted by Crippen LogP contribution is 2.32. The van der Waals surface area contributed by atoms with Gasteiger partial charge in [0.15, 0.2) is 22.9 Å². The molecule has 1 aromatic carbocycles. The molecule has 1 aliphatic carbocycles. The van der Waals surface area contributed by atoms with Crippen LogP contribution >= 0.6 is 0 Å². The van der Waals surface area contributed by atoms with E-state index in [0.717, 1.165) is 0 Å². The van der Waals surface area contributed by atoms with Gasteiger partial charge in [0.1, 0.15) is 5.76 Å². The van der Waals surface area contributed by atoms with Crippen molar-refractivity contribution in [2.24, 2.45) is 27.5 Å². The largest absolute Gasteiger partial charge is 0.510 e. The zero-order valence-electron chi connectivity index (χ0n) is 17.9. The first-order valence-corrected chi connectivity index (χ1v) is 10.1. The summed E-state index contributed by atoms with van der Waals surface area (Å²) in [5.74, 6) is -0.252. The molecule has 1 aliphatic rings. The highest BCUT2D eigenvalue weighted by atomic mass is 16.3. The van der Waals surface area contributed by atoms with Crippen LogP contribution in [0.4, 0.5) is 17.2 Å². The highest BCUT2D eigenvalue weighted by Gasteiger charge is 2.21. The number of azo groups is 2. The van der Waals surface area contributed by atoms with Crippen LogP contribution in [0.25, 0.3) is 5.69 Å². The van der Waals surface area contributed by atoms with Crippen molar-refractivity contribution in [3.8, 4) is 5.69 Å². The molecule has 11 heteroatoms. The number of benzene rings is 1. The van der Waals surface area contributed by atoms with Gasteiger partial charge in [-0.2, -0.15) is 5.10 Å². The predicted octanol–water partition coefficient (Wildman–Crippen LogP) is 4.54. The van der Waals surface area contributed by atoms with E-state index in [-0.39, 0.29) is 40.0 Å². The Balaban J connectivity index is 1.69. The molecule has 0 unspecified atom stereocenters. The van der Waals surface area contributed by atoms with E-state index in [1.165, 1.54) is 4.68 Å². The number of carbonyl (C=O) groups is 1. The van der Waals surface area contributed by atoms with E-state index in [0.29, 0.717) is 36.3 Å². The van der Waals surface area contributed by atoms with Crippen molar-refractivity contribution in [1.29, 1.82) is 0 Å². The summed E-state index contributed by atoms with van der Waals surface area (Å²) < 4.78 is 3.22. The van der Waals surface area contributed by atoms with Gasteiger partial charge in [0.05, 0.1) is 17.1 Å². The predicted molar refractivity (Wildman–Crippen MR) is 116 cm³/mol. The van der Waals surface area contributed by atoms with E-state index in [2.05, 4.69) is 30.7 Å². The van der Waals surface area contributed by atoms with Crippen molar-refractivity contribution in [2.45, 2.75) is 33.1 Å². The van der Waals surface area contributed by atoms with Crippen molar-refractivity contribution in [2.75, 3.05) is 0 Å². The number of allylic oxidation sites excluding steroid dienone is 2. The Morgan fingerprint density at radius 3 is 2.44 bits per heavy atom. The molecule has 0 spiro atoms. The van der Waals surface area contributed by atoms with Gasteiger partial charge >= 0.3 is 0 Å². The minimum atomic E-state index is -0.313. The summed E-state index contributed by atoms with van der Waals surface area (Å²) in [5.41, 5.74) is 2.00. The number of aryl methyl sites for hydroxylation is 1. The van der Waals surface area contributed by atoms with Gasteiger partial charge < -0.3 is 5.11 Å². The average Bonchev–Trinajstić information content (AvgIpc) is 3.23. The number of ketones is 1. The van der Waals surface area contributed by atoms with Crippen LogP contribution in [-0.4, -0.2) is 30.5 Å². The molecule has 2 heterocycles. The third kappa shape index (κ3) is 3.80. The molecule has 0 fully saturated rings. The van der Waals surface area contributed by atoms with Crippen LogP contribution in [0.3, 0.4) is 0 Å².